The molecule has 17 heavy (non-hydrogen) atoms. The number of carboxylic acid groups (broad SMARTS) is 1. The highest BCUT2D eigenvalue weighted by molar-refractivity contribution is 5.79. The van der Waals surface area contributed by atoms with E-state index in [2.05, 4.69) is 5.32 Å². The van der Waals surface area contributed by atoms with Gasteiger partial charge in [0.25, 0.3) is 0 Å². The van der Waals surface area contributed by atoms with Crippen LogP contribution in [0, 0.1) is 0 Å². The average Bonchev–Trinajstić information content (AvgIpc) is 2.65. The summed E-state index contributed by atoms with van der Waals surface area (Å²) in [5, 5.41) is 11.7. The first-order valence-corrected chi connectivity index (χ1v) is 6.18. The smallest absolute Gasteiger partial charge is 0.305 e. The van der Waals surface area contributed by atoms with Crippen LogP contribution in [-0.4, -0.2) is 35.7 Å². The highest BCUT2D eigenvalue weighted by atomic mass is 16.5. The van der Waals surface area contributed by atoms with E-state index in [0.29, 0.717) is 6.61 Å². The summed E-state index contributed by atoms with van der Waals surface area (Å²) in [7, 11) is 0. The molecule has 1 aliphatic rings. The van der Waals surface area contributed by atoms with E-state index in [0.717, 1.165) is 32.1 Å². The lowest BCUT2D eigenvalue weighted by molar-refractivity contribution is -0.139. The van der Waals surface area contributed by atoms with Crippen molar-refractivity contribution in [2.24, 2.45) is 0 Å². The number of carbonyl (C=O) groups is 2. The number of rotatable bonds is 7. The highest BCUT2D eigenvalue weighted by Gasteiger charge is 2.37. The Morgan fingerprint density at radius 1 is 1.35 bits per heavy atom. The summed E-state index contributed by atoms with van der Waals surface area (Å²) >= 11 is 0. The van der Waals surface area contributed by atoms with Crippen LogP contribution in [0.4, 0.5) is 0 Å². The first-order valence-electron chi connectivity index (χ1n) is 6.18. The third kappa shape index (κ3) is 4.73. The quantitative estimate of drug-likeness (QED) is 0.661. The van der Waals surface area contributed by atoms with Crippen molar-refractivity contribution in [3.8, 4) is 0 Å². The van der Waals surface area contributed by atoms with Gasteiger partial charge in [-0.1, -0.05) is 19.8 Å². The van der Waals surface area contributed by atoms with Crippen LogP contribution >= 0.6 is 0 Å². The van der Waals surface area contributed by atoms with Gasteiger partial charge in [-0.15, -0.1) is 0 Å². The number of hydrogen-bond acceptors (Lipinski definition) is 3. The molecule has 0 aromatic carbocycles. The lowest BCUT2D eigenvalue weighted by atomic mass is 9.93. The zero-order chi connectivity index (χ0) is 12.7. The Morgan fingerprint density at radius 2 is 2.00 bits per heavy atom. The number of aliphatic carboxylic acids is 1. The van der Waals surface area contributed by atoms with E-state index >= 15 is 0 Å². The maximum Gasteiger partial charge on any atom is 0.305 e. The predicted molar refractivity (Wildman–Crippen MR) is 62.7 cm³/mol. The molecule has 1 fully saturated rings. The second-order valence-electron chi connectivity index (χ2n) is 4.66. The molecule has 0 radical (unpaired) electrons. The van der Waals surface area contributed by atoms with Crippen LogP contribution in [0.1, 0.15) is 45.4 Å². The first-order chi connectivity index (χ1) is 8.08. The Hall–Kier alpha value is -1.10. The van der Waals surface area contributed by atoms with Crippen LogP contribution in [0.5, 0.6) is 0 Å². The minimum Gasteiger partial charge on any atom is -0.481 e. The summed E-state index contributed by atoms with van der Waals surface area (Å²) in [5.74, 6) is -1.07. The Bertz CT molecular complexity index is 272. The van der Waals surface area contributed by atoms with Gasteiger partial charge in [-0.2, -0.15) is 0 Å². The molecule has 0 spiro atoms. The van der Waals surface area contributed by atoms with Gasteiger partial charge in [0.2, 0.25) is 5.91 Å². The average molecular weight is 243 g/mol. The second-order valence-corrected chi connectivity index (χ2v) is 4.66. The molecule has 0 saturated heterocycles. The van der Waals surface area contributed by atoms with Crippen LogP contribution in [0.2, 0.25) is 0 Å². The number of amides is 1. The zero-order valence-corrected chi connectivity index (χ0v) is 10.3. The van der Waals surface area contributed by atoms with Crippen LogP contribution in [0.15, 0.2) is 0 Å². The number of carboxylic acids is 1. The number of hydrogen-bond donors (Lipinski definition) is 2. The Balaban J connectivity index is 2.43. The Morgan fingerprint density at radius 3 is 2.53 bits per heavy atom. The molecule has 2 N–H and O–H groups in total. The first kappa shape index (κ1) is 14.0. The lowest BCUT2D eigenvalue weighted by Crippen LogP contribution is -2.49. The maximum atomic E-state index is 11.6. The lowest BCUT2D eigenvalue weighted by Gasteiger charge is -2.28. The summed E-state index contributed by atoms with van der Waals surface area (Å²) in [5.41, 5.74) is -0.543. The molecule has 0 bridgehead atoms. The van der Waals surface area contributed by atoms with E-state index in [9.17, 15) is 9.59 Å². The third-order valence-corrected chi connectivity index (χ3v) is 3.04. The minimum absolute atomic E-state index is 0.00647. The van der Waals surface area contributed by atoms with Crippen molar-refractivity contribution in [2.75, 3.05) is 13.2 Å². The SMILES string of the molecule is CCCOCC(=O)NC1(CC(=O)O)CCCC1. The number of ether oxygens (including phenoxy) is 1. The molecule has 1 rings (SSSR count). The zero-order valence-electron chi connectivity index (χ0n) is 10.3. The Labute approximate surface area is 102 Å². The highest BCUT2D eigenvalue weighted by Crippen LogP contribution is 2.32. The molecule has 0 atom stereocenters. The van der Waals surface area contributed by atoms with Gasteiger partial charge in [0.05, 0.1) is 12.0 Å². The molecule has 5 heteroatoms. The van der Waals surface area contributed by atoms with Crippen molar-refractivity contribution in [1.29, 1.82) is 0 Å². The second kappa shape index (κ2) is 6.59. The summed E-state index contributed by atoms with van der Waals surface area (Å²) in [4.78, 5) is 22.5. The van der Waals surface area contributed by atoms with E-state index in [-0.39, 0.29) is 18.9 Å². The fourth-order valence-electron chi connectivity index (χ4n) is 2.33. The van der Waals surface area contributed by atoms with E-state index in [4.69, 9.17) is 9.84 Å². The summed E-state index contributed by atoms with van der Waals surface area (Å²) in [6, 6.07) is 0. The van der Waals surface area contributed by atoms with E-state index < -0.39 is 11.5 Å². The number of nitrogens with one attached hydrogen (secondary N) is 1. The van der Waals surface area contributed by atoms with Crippen LogP contribution in [0.3, 0.4) is 0 Å². The molecule has 0 unspecified atom stereocenters. The van der Waals surface area contributed by atoms with Crippen LogP contribution in [0.25, 0.3) is 0 Å². The molecule has 1 aliphatic carbocycles. The van der Waals surface area contributed by atoms with Gasteiger partial charge < -0.3 is 15.2 Å². The van der Waals surface area contributed by atoms with Crippen LogP contribution in [-0.2, 0) is 14.3 Å². The van der Waals surface area contributed by atoms with Gasteiger partial charge in [-0.3, -0.25) is 9.59 Å². The standard InChI is InChI=1S/C12H21NO4/c1-2-7-17-9-10(14)13-12(8-11(15)16)5-3-4-6-12/h2-9H2,1H3,(H,13,14)(H,15,16). The van der Waals surface area contributed by atoms with E-state index in [1.807, 2.05) is 6.92 Å². The van der Waals surface area contributed by atoms with Gasteiger partial charge >= 0.3 is 5.97 Å². The molecular weight excluding hydrogens is 222 g/mol. The summed E-state index contributed by atoms with van der Waals surface area (Å²) in [6.07, 6.45) is 4.32. The van der Waals surface area contributed by atoms with E-state index in [1.165, 1.54) is 0 Å². The maximum absolute atomic E-state index is 11.6. The normalized spacial score (nSPS) is 17.9. The van der Waals surface area contributed by atoms with Crippen molar-refractivity contribution in [1.82, 2.24) is 5.32 Å². The summed E-state index contributed by atoms with van der Waals surface area (Å²) in [6.45, 7) is 2.55. The largest absolute Gasteiger partial charge is 0.481 e. The van der Waals surface area contributed by atoms with Gasteiger partial charge in [0.1, 0.15) is 6.61 Å². The molecule has 0 aromatic heterocycles. The van der Waals surface area contributed by atoms with Crippen molar-refractivity contribution < 1.29 is 19.4 Å². The van der Waals surface area contributed by atoms with Gasteiger partial charge in [0, 0.05) is 6.61 Å². The Kier molecular flexibility index (Phi) is 5.41. The van der Waals surface area contributed by atoms with Crippen molar-refractivity contribution in [3.05, 3.63) is 0 Å². The molecule has 0 aromatic rings. The molecule has 1 saturated carbocycles. The predicted octanol–water partition coefficient (Wildman–Crippen LogP) is 1.32. The number of carbonyl (C=O) groups excluding carboxylic acids is 1. The molecule has 0 aliphatic heterocycles. The van der Waals surface area contributed by atoms with Gasteiger partial charge in [-0.25, -0.2) is 0 Å². The van der Waals surface area contributed by atoms with Crippen molar-refractivity contribution in [2.45, 2.75) is 51.0 Å². The van der Waals surface area contributed by atoms with Crippen molar-refractivity contribution >= 4 is 11.9 Å². The molecular formula is C12H21NO4. The third-order valence-electron chi connectivity index (χ3n) is 3.04. The van der Waals surface area contributed by atoms with Crippen LogP contribution < -0.4 is 5.32 Å². The molecule has 0 heterocycles. The van der Waals surface area contributed by atoms with E-state index in [1.54, 1.807) is 0 Å². The molecule has 1 amide bonds. The molecule has 5 nitrogen and oxygen atoms in total. The summed E-state index contributed by atoms with van der Waals surface area (Å²) < 4.78 is 5.15. The van der Waals surface area contributed by atoms with Gasteiger partial charge in [0.15, 0.2) is 0 Å². The van der Waals surface area contributed by atoms with Crippen molar-refractivity contribution in [3.63, 3.8) is 0 Å². The van der Waals surface area contributed by atoms with Gasteiger partial charge in [-0.05, 0) is 19.3 Å². The minimum atomic E-state index is -0.860. The fourth-order valence-corrected chi connectivity index (χ4v) is 2.33. The topological polar surface area (TPSA) is 75.6 Å². The monoisotopic (exact) mass is 243 g/mol. The molecule has 98 valence electrons. The fraction of sp³-hybridized carbons (Fsp3) is 0.833.